The monoisotopic (exact) mass is 278 g/mol. The first kappa shape index (κ1) is 15.1. The van der Waals surface area contributed by atoms with E-state index in [0.29, 0.717) is 19.1 Å². The van der Waals surface area contributed by atoms with Crippen LogP contribution in [0.1, 0.15) is 51.4 Å². The Morgan fingerprint density at radius 3 is 2.11 bits per heavy atom. The highest BCUT2D eigenvalue weighted by atomic mass is 19.4. The van der Waals surface area contributed by atoms with Crippen LogP contribution in [-0.4, -0.2) is 42.8 Å². The van der Waals surface area contributed by atoms with E-state index in [1.165, 1.54) is 38.5 Å². The Hall–Kier alpha value is -0.290. The second-order valence-electron chi connectivity index (χ2n) is 5.96. The summed E-state index contributed by atoms with van der Waals surface area (Å²) in [7, 11) is 0. The third kappa shape index (κ3) is 6.13. The molecule has 0 radical (unpaired) electrons. The van der Waals surface area contributed by atoms with Gasteiger partial charge in [0.2, 0.25) is 0 Å². The number of nitrogens with zero attached hydrogens (tertiary/aromatic N) is 1. The van der Waals surface area contributed by atoms with Crippen LogP contribution in [0, 0.1) is 0 Å². The van der Waals surface area contributed by atoms with Gasteiger partial charge in [0.15, 0.2) is 0 Å². The van der Waals surface area contributed by atoms with E-state index in [-0.39, 0.29) is 6.04 Å². The SMILES string of the molecule is FC(F)(F)CN(CCNC1CCCCCC1)C1CC1. The first-order valence-corrected chi connectivity index (χ1v) is 7.59. The molecule has 0 bridgehead atoms. The molecule has 2 fully saturated rings. The van der Waals surface area contributed by atoms with Crippen molar-refractivity contribution in [2.45, 2.75) is 69.6 Å². The minimum absolute atomic E-state index is 0.178. The molecule has 0 atom stereocenters. The molecular formula is C14H25F3N2. The lowest BCUT2D eigenvalue weighted by Crippen LogP contribution is -2.42. The molecule has 0 aromatic carbocycles. The molecule has 2 rings (SSSR count). The minimum Gasteiger partial charge on any atom is -0.313 e. The van der Waals surface area contributed by atoms with Crippen molar-refractivity contribution in [3.8, 4) is 0 Å². The maximum Gasteiger partial charge on any atom is 0.401 e. The highest BCUT2D eigenvalue weighted by Crippen LogP contribution is 2.29. The maximum atomic E-state index is 12.5. The van der Waals surface area contributed by atoms with Crippen molar-refractivity contribution in [3.63, 3.8) is 0 Å². The molecule has 112 valence electrons. The largest absolute Gasteiger partial charge is 0.401 e. The lowest BCUT2D eigenvalue weighted by atomic mass is 10.1. The fraction of sp³-hybridized carbons (Fsp3) is 1.00. The van der Waals surface area contributed by atoms with E-state index in [4.69, 9.17) is 0 Å². The number of alkyl halides is 3. The van der Waals surface area contributed by atoms with Crippen LogP contribution in [-0.2, 0) is 0 Å². The van der Waals surface area contributed by atoms with E-state index >= 15 is 0 Å². The van der Waals surface area contributed by atoms with Gasteiger partial charge in [-0.1, -0.05) is 25.7 Å². The zero-order valence-electron chi connectivity index (χ0n) is 11.5. The summed E-state index contributed by atoms with van der Waals surface area (Å²) < 4.78 is 37.4. The zero-order chi connectivity index (χ0) is 13.7. The Balaban J connectivity index is 1.67. The molecule has 0 amide bonds. The van der Waals surface area contributed by atoms with Gasteiger partial charge in [0.1, 0.15) is 0 Å². The van der Waals surface area contributed by atoms with Crippen LogP contribution in [0.25, 0.3) is 0 Å². The summed E-state index contributed by atoms with van der Waals surface area (Å²) in [4.78, 5) is 1.60. The second kappa shape index (κ2) is 6.93. The first-order chi connectivity index (χ1) is 9.04. The van der Waals surface area contributed by atoms with Crippen LogP contribution in [0.3, 0.4) is 0 Å². The summed E-state index contributed by atoms with van der Waals surface area (Å²) in [6.07, 6.45) is 5.29. The fourth-order valence-corrected chi connectivity index (χ4v) is 2.96. The van der Waals surface area contributed by atoms with Gasteiger partial charge in [-0.15, -0.1) is 0 Å². The summed E-state index contributed by atoms with van der Waals surface area (Å²) in [5.74, 6) is 0. The number of hydrogen-bond acceptors (Lipinski definition) is 2. The van der Waals surface area contributed by atoms with Gasteiger partial charge in [-0.05, 0) is 25.7 Å². The van der Waals surface area contributed by atoms with Crippen LogP contribution in [0.2, 0.25) is 0 Å². The van der Waals surface area contributed by atoms with Crippen LogP contribution in [0.15, 0.2) is 0 Å². The second-order valence-corrected chi connectivity index (χ2v) is 5.96. The van der Waals surface area contributed by atoms with E-state index in [1.807, 2.05) is 0 Å². The minimum atomic E-state index is -4.06. The average Bonchev–Trinajstić information content (AvgIpc) is 3.14. The smallest absolute Gasteiger partial charge is 0.313 e. The number of nitrogens with one attached hydrogen (secondary N) is 1. The van der Waals surface area contributed by atoms with Gasteiger partial charge in [-0.25, -0.2) is 0 Å². The standard InChI is InChI=1S/C14H25F3N2/c15-14(16,17)11-19(13-7-8-13)10-9-18-12-5-3-1-2-4-6-12/h12-13,18H,1-11H2. The zero-order valence-corrected chi connectivity index (χ0v) is 11.5. The van der Waals surface area contributed by atoms with Crippen molar-refractivity contribution in [2.75, 3.05) is 19.6 Å². The molecule has 0 heterocycles. The average molecular weight is 278 g/mol. The molecule has 19 heavy (non-hydrogen) atoms. The Kier molecular flexibility index (Phi) is 5.51. The van der Waals surface area contributed by atoms with Crippen molar-refractivity contribution in [1.82, 2.24) is 10.2 Å². The Labute approximate surface area is 113 Å². The molecule has 2 aliphatic carbocycles. The predicted octanol–water partition coefficient (Wildman–Crippen LogP) is 3.33. The van der Waals surface area contributed by atoms with Crippen molar-refractivity contribution in [2.24, 2.45) is 0 Å². The number of rotatable bonds is 6. The highest BCUT2D eigenvalue weighted by molar-refractivity contribution is 4.86. The lowest BCUT2D eigenvalue weighted by Gasteiger charge is -2.25. The van der Waals surface area contributed by atoms with Gasteiger partial charge in [0.25, 0.3) is 0 Å². The molecule has 0 unspecified atom stereocenters. The molecule has 2 saturated carbocycles. The van der Waals surface area contributed by atoms with E-state index in [9.17, 15) is 13.2 Å². The number of halogens is 3. The summed E-state index contributed by atoms with van der Waals surface area (Å²) >= 11 is 0. The summed E-state index contributed by atoms with van der Waals surface area (Å²) in [6, 6.07) is 0.701. The molecule has 5 heteroatoms. The quantitative estimate of drug-likeness (QED) is 0.750. The van der Waals surface area contributed by atoms with Gasteiger partial charge in [-0.2, -0.15) is 13.2 Å². The van der Waals surface area contributed by atoms with E-state index < -0.39 is 12.7 Å². The van der Waals surface area contributed by atoms with Gasteiger partial charge < -0.3 is 5.32 Å². The molecule has 0 aliphatic heterocycles. The summed E-state index contributed by atoms with van der Waals surface area (Å²) in [6.45, 7) is 0.474. The molecule has 1 N–H and O–H groups in total. The fourth-order valence-electron chi connectivity index (χ4n) is 2.96. The molecule has 0 aromatic heterocycles. The lowest BCUT2D eigenvalue weighted by molar-refractivity contribution is -0.147. The van der Waals surface area contributed by atoms with Gasteiger partial charge >= 0.3 is 6.18 Å². The van der Waals surface area contributed by atoms with Crippen molar-refractivity contribution in [1.29, 1.82) is 0 Å². The topological polar surface area (TPSA) is 15.3 Å². The van der Waals surface area contributed by atoms with Crippen molar-refractivity contribution >= 4 is 0 Å². The maximum absolute atomic E-state index is 12.5. The van der Waals surface area contributed by atoms with Gasteiger partial charge in [0.05, 0.1) is 6.54 Å². The van der Waals surface area contributed by atoms with Crippen LogP contribution in [0.5, 0.6) is 0 Å². The summed E-state index contributed by atoms with van der Waals surface area (Å²) in [5, 5.41) is 3.45. The van der Waals surface area contributed by atoms with E-state index in [0.717, 1.165) is 12.8 Å². The molecule has 2 aliphatic rings. The molecule has 0 saturated heterocycles. The predicted molar refractivity (Wildman–Crippen MR) is 70.1 cm³/mol. The Morgan fingerprint density at radius 2 is 1.58 bits per heavy atom. The summed E-state index contributed by atoms with van der Waals surface area (Å²) in [5.41, 5.74) is 0. The van der Waals surface area contributed by atoms with Crippen molar-refractivity contribution in [3.05, 3.63) is 0 Å². The third-order valence-electron chi connectivity index (χ3n) is 4.13. The van der Waals surface area contributed by atoms with Crippen LogP contribution >= 0.6 is 0 Å². The van der Waals surface area contributed by atoms with Gasteiger partial charge in [-0.3, -0.25) is 4.90 Å². The molecule has 0 aromatic rings. The van der Waals surface area contributed by atoms with E-state index in [1.54, 1.807) is 4.90 Å². The third-order valence-corrected chi connectivity index (χ3v) is 4.13. The van der Waals surface area contributed by atoms with Crippen LogP contribution < -0.4 is 5.32 Å². The molecule has 2 nitrogen and oxygen atoms in total. The molecular weight excluding hydrogens is 253 g/mol. The Morgan fingerprint density at radius 1 is 0.947 bits per heavy atom. The highest BCUT2D eigenvalue weighted by Gasteiger charge is 2.37. The van der Waals surface area contributed by atoms with Gasteiger partial charge in [0, 0.05) is 25.2 Å². The van der Waals surface area contributed by atoms with E-state index in [2.05, 4.69) is 5.32 Å². The number of hydrogen-bond donors (Lipinski definition) is 1. The molecule has 0 spiro atoms. The normalized spacial score (nSPS) is 22.7. The first-order valence-electron chi connectivity index (χ1n) is 7.59. The van der Waals surface area contributed by atoms with Crippen LogP contribution in [0.4, 0.5) is 13.2 Å². The Bertz CT molecular complexity index is 256. The van der Waals surface area contributed by atoms with Crippen molar-refractivity contribution < 1.29 is 13.2 Å².